The lowest BCUT2D eigenvalue weighted by molar-refractivity contribution is -0.117. The Balaban J connectivity index is 2.57. The molecular formula is C5H6INO. The summed E-state index contributed by atoms with van der Waals surface area (Å²) in [5, 5.41) is 0. The molecule has 0 saturated heterocycles. The minimum Gasteiger partial charge on any atom is -0.273 e. The van der Waals surface area contributed by atoms with Gasteiger partial charge in [0.25, 0.3) is 0 Å². The highest BCUT2D eigenvalue weighted by Gasteiger charge is 2.11. The van der Waals surface area contributed by atoms with Crippen LogP contribution in [0.4, 0.5) is 0 Å². The van der Waals surface area contributed by atoms with E-state index in [9.17, 15) is 4.79 Å². The summed E-state index contributed by atoms with van der Waals surface area (Å²) in [6.45, 7) is 0. The molecule has 0 atom stereocenters. The lowest BCUT2D eigenvalue weighted by atomic mass is 10.3. The van der Waals surface area contributed by atoms with Crippen molar-refractivity contribution in [3.63, 3.8) is 0 Å². The Morgan fingerprint density at radius 3 is 2.62 bits per heavy atom. The molecule has 1 aliphatic heterocycles. The molecule has 44 valence electrons. The first-order valence-corrected chi connectivity index (χ1v) is 4.00. The third-order valence-electron chi connectivity index (χ3n) is 1.06. The van der Waals surface area contributed by atoms with Gasteiger partial charge < -0.3 is 0 Å². The number of halogens is 1. The van der Waals surface area contributed by atoms with Crippen LogP contribution in [0, 0.1) is 0 Å². The van der Waals surface area contributed by atoms with E-state index < -0.39 is 0 Å². The highest BCUT2D eigenvalue weighted by Crippen LogP contribution is 2.07. The molecule has 3 heteroatoms. The molecule has 0 fully saturated rings. The summed E-state index contributed by atoms with van der Waals surface area (Å²) in [7, 11) is 0. The fourth-order valence-electron chi connectivity index (χ4n) is 0.636. The van der Waals surface area contributed by atoms with Crippen LogP contribution >= 0.6 is 22.6 Å². The first-order valence-electron chi connectivity index (χ1n) is 2.48. The van der Waals surface area contributed by atoms with E-state index in [1.807, 2.05) is 0 Å². The monoisotopic (exact) mass is 223 g/mol. The van der Waals surface area contributed by atoms with Crippen LogP contribution in [0.5, 0.6) is 0 Å². The second kappa shape index (κ2) is 2.57. The van der Waals surface area contributed by atoms with Gasteiger partial charge in [0, 0.05) is 16.6 Å². The summed E-state index contributed by atoms with van der Waals surface area (Å²) in [4.78, 5) is 14.2. The number of aliphatic imine (C=N–C) groups is 1. The molecule has 0 aromatic rings. The predicted molar refractivity (Wildman–Crippen MR) is 40.6 cm³/mol. The molecule has 0 aromatic carbocycles. The second-order valence-corrected chi connectivity index (χ2v) is 2.47. The highest BCUT2D eigenvalue weighted by atomic mass is 127. The number of amides is 1. The van der Waals surface area contributed by atoms with Crippen LogP contribution < -0.4 is 0 Å². The molecular weight excluding hydrogens is 217 g/mol. The molecule has 1 rings (SSSR count). The van der Waals surface area contributed by atoms with Crippen molar-refractivity contribution >= 4 is 34.2 Å². The highest BCUT2D eigenvalue weighted by molar-refractivity contribution is 14.1. The van der Waals surface area contributed by atoms with E-state index in [0.717, 1.165) is 16.6 Å². The van der Waals surface area contributed by atoms with Crippen molar-refractivity contribution in [1.29, 1.82) is 0 Å². The molecule has 0 aromatic heterocycles. The standard InChI is InChI=1S/C5H6INO/c6-3-4-1-2-5(8)7-4/h1-3H2. The van der Waals surface area contributed by atoms with Crippen LogP contribution in [-0.2, 0) is 4.79 Å². The second-order valence-electron chi connectivity index (χ2n) is 1.71. The number of alkyl halides is 1. The van der Waals surface area contributed by atoms with E-state index in [1.165, 1.54) is 0 Å². The van der Waals surface area contributed by atoms with E-state index in [2.05, 4.69) is 27.6 Å². The zero-order valence-electron chi connectivity index (χ0n) is 4.35. The zero-order chi connectivity index (χ0) is 5.98. The number of rotatable bonds is 1. The van der Waals surface area contributed by atoms with Gasteiger partial charge in [-0.15, -0.1) is 0 Å². The first-order chi connectivity index (χ1) is 3.83. The molecule has 0 aliphatic carbocycles. The molecule has 0 spiro atoms. The number of carbonyl (C=O) groups excluding carboxylic acids is 1. The molecule has 0 radical (unpaired) electrons. The molecule has 0 N–H and O–H groups in total. The van der Waals surface area contributed by atoms with Gasteiger partial charge in [0.2, 0.25) is 5.91 Å². The summed E-state index contributed by atoms with van der Waals surface area (Å²) in [6.07, 6.45) is 1.53. The van der Waals surface area contributed by atoms with Crippen molar-refractivity contribution in [3.05, 3.63) is 0 Å². The van der Waals surface area contributed by atoms with E-state index in [1.54, 1.807) is 0 Å². The maximum absolute atomic E-state index is 10.4. The van der Waals surface area contributed by atoms with Gasteiger partial charge in [-0.25, -0.2) is 4.99 Å². The Morgan fingerprint density at radius 2 is 2.38 bits per heavy atom. The normalized spacial score (nSPS) is 19.1. The molecule has 1 heterocycles. The van der Waals surface area contributed by atoms with Gasteiger partial charge in [-0.1, -0.05) is 22.6 Å². The van der Waals surface area contributed by atoms with Crippen LogP contribution in [0.25, 0.3) is 0 Å². The fraction of sp³-hybridized carbons (Fsp3) is 0.600. The number of nitrogens with zero attached hydrogens (tertiary/aromatic N) is 1. The van der Waals surface area contributed by atoms with Crippen molar-refractivity contribution in [3.8, 4) is 0 Å². The van der Waals surface area contributed by atoms with Gasteiger partial charge in [0.1, 0.15) is 0 Å². The molecule has 0 unspecified atom stereocenters. The smallest absolute Gasteiger partial charge is 0.245 e. The maximum Gasteiger partial charge on any atom is 0.245 e. The Labute approximate surface area is 61.5 Å². The average Bonchev–Trinajstić information content (AvgIpc) is 2.14. The Bertz CT molecular complexity index is 141. The Morgan fingerprint density at radius 1 is 1.62 bits per heavy atom. The summed E-state index contributed by atoms with van der Waals surface area (Å²) in [6, 6.07) is 0. The summed E-state index contributed by atoms with van der Waals surface area (Å²) in [5.74, 6) is 0.0525. The quantitative estimate of drug-likeness (QED) is 0.484. The van der Waals surface area contributed by atoms with Crippen LogP contribution in [-0.4, -0.2) is 16.0 Å². The number of hydrogen-bond acceptors (Lipinski definition) is 1. The fourth-order valence-corrected chi connectivity index (χ4v) is 1.19. The summed E-state index contributed by atoms with van der Waals surface area (Å²) >= 11 is 2.22. The van der Waals surface area contributed by atoms with Gasteiger partial charge in [0.05, 0.1) is 0 Å². The van der Waals surface area contributed by atoms with Crippen molar-refractivity contribution in [1.82, 2.24) is 0 Å². The average molecular weight is 223 g/mol. The van der Waals surface area contributed by atoms with Crippen molar-refractivity contribution < 1.29 is 4.79 Å². The van der Waals surface area contributed by atoms with E-state index in [4.69, 9.17) is 0 Å². The van der Waals surface area contributed by atoms with Crippen molar-refractivity contribution in [2.45, 2.75) is 12.8 Å². The molecule has 1 aliphatic rings. The third-order valence-corrected chi connectivity index (χ3v) is 1.95. The summed E-state index contributed by atoms with van der Waals surface area (Å²) in [5.41, 5.74) is 1.05. The van der Waals surface area contributed by atoms with E-state index in [0.29, 0.717) is 6.42 Å². The molecule has 0 bridgehead atoms. The Kier molecular flexibility index (Phi) is 1.99. The van der Waals surface area contributed by atoms with Crippen LogP contribution in [0.1, 0.15) is 12.8 Å². The zero-order valence-corrected chi connectivity index (χ0v) is 6.51. The minimum atomic E-state index is 0.0525. The predicted octanol–water partition coefficient (Wildman–Crippen LogP) is 1.18. The molecule has 2 nitrogen and oxygen atoms in total. The summed E-state index contributed by atoms with van der Waals surface area (Å²) < 4.78 is 0.906. The van der Waals surface area contributed by atoms with Gasteiger partial charge in [-0.3, -0.25) is 4.79 Å². The van der Waals surface area contributed by atoms with E-state index >= 15 is 0 Å². The lowest BCUT2D eigenvalue weighted by Gasteiger charge is -1.83. The van der Waals surface area contributed by atoms with Crippen LogP contribution in [0.2, 0.25) is 0 Å². The molecule has 0 saturated carbocycles. The minimum absolute atomic E-state index is 0.0525. The van der Waals surface area contributed by atoms with Gasteiger partial charge in [-0.05, 0) is 6.42 Å². The van der Waals surface area contributed by atoms with Crippen LogP contribution in [0.15, 0.2) is 4.99 Å². The first kappa shape index (κ1) is 6.19. The number of carbonyl (C=O) groups is 1. The van der Waals surface area contributed by atoms with Gasteiger partial charge in [0.15, 0.2) is 0 Å². The van der Waals surface area contributed by atoms with Gasteiger partial charge >= 0.3 is 0 Å². The molecule has 1 amide bonds. The molecule has 8 heavy (non-hydrogen) atoms. The maximum atomic E-state index is 10.4. The third kappa shape index (κ3) is 1.27. The number of hydrogen-bond donors (Lipinski definition) is 0. The lowest BCUT2D eigenvalue weighted by Crippen LogP contribution is -1.90. The van der Waals surface area contributed by atoms with Crippen molar-refractivity contribution in [2.75, 3.05) is 4.43 Å². The SMILES string of the molecule is O=C1CCC(CI)=N1. The topological polar surface area (TPSA) is 29.4 Å². The van der Waals surface area contributed by atoms with Gasteiger partial charge in [-0.2, -0.15) is 0 Å². The van der Waals surface area contributed by atoms with E-state index in [-0.39, 0.29) is 5.91 Å². The largest absolute Gasteiger partial charge is 0.273 e. The Hall–Kier alpha value is 0.0700. The van der Waals surface area contributed by atoms with Crippen LogP contribution in [0.3, 0.4) is 0 Å². The van der Waals surface area contributed by atoms with Crippen molar-refractivity contribution in [2.24, 2.45) is 4.99 Å².